The summed E-state index contributed by atoms with van der Waals surface area (Å²) < 4.78 is 6.18. The Labute approximate surface area is 146 Å². The van der Waals surface area contributed by atoms with Crippen molar-refractivity contribution < 1.29 is 4.74 Å². The Kier molecular flexibility index (Phi) is 4.58. The quantitative estimate of drug-likeness (QED) is 0.688. The van der Waals surface area contributed by atoms with Crippen molar-refractivity contribution in [3.8, 4) is 16.2 Å². The van der Waals surface area contributed by atoms with E-state index in [0.29, 0.717) is 0 Å². The SMILES string of the molecule is c1ccc(CN2CC[C@H](Oc3cncc(-c4cccs4)c3)C2)cc1. The van der Waals surface area contributed by atoms with Crippen LogP contribution in [-0.2, 0) is 6.54 Å². The molecule has 4 rings (SSSR count). The number of nitrogens with zero attached hydrogens (tertiary/aromatic N) is 2. The van der Waals surface area contributed by atoms with Gasteiger partial charge in [0, 0.05) is 36.3 Å². The molecule has 4 heteroatoms. The molecule has 3 aromatic rings. The van der Waals surface area contributed by atoms with Crippen LogP contribution in [0.4, 0.5) is 0 Å². The van der Waals surface area contributed by atoms with Crippen LogP contribution in [0.25, 0.3) is 10.4 Å². The van der Waals surface area contributed by atoms with Crippen LogP contribution in [0.1, 0.15) is 12.0 Å². The molecule has 0 bridgehead atoms. The van der Waals surface area contributed by atoms with Gasteiger partial charge < -0.3 is 4.74 Å². The molecule has 3 heterocycles. The molecule has 0 unspecified atom stereocenters. The fourth-order valence-corrected chi connectivity index (χ4v) is 3.84. The lowest BCUT2D eigenvalue weighted by molar-refractivity contribution is 0.198. The molecule has 2 aromatic heterocycles. The van der Waals surface area contributed by atoms with E-state index in [-0.39, 0.29) is 6.10 Å². The smallest absolute Gasteiger partial charge is 0.138 e. The molecule has 0 amide bonds. The van der Waals surface area contributed by atoms with E-state index in [1.54, 1.807) is 11.3 Å². The Hall–Kier alpha value is -2.17. The Bertz CT molecular complexity index is 773. The first-order chi connectivity index (χ1) is 11.9. The van der Waals surface area contributed by atoms with Gasteiger partial charge in [-0.25, -0.2) is 0 Å². The van der Waals surface area contributed by atoms with Crippen LogP contribution in [0.2, 0.25) is 0 Å². The number of thiophene rings is 1. The first-order valence-corrected chi connectivity index (χ1v) is 9.17. The maximum absolute atomic E-state index is 6.18. The Morgan fingerprint density at radius 3 is 2.88 bits per heavy atom. The van der Waals surface area contributed by atoms with Crippen molar-refractivity contribution in [3.63, 3.8) is 0 Å². The average molecular weight is 336 g/mol. The molecule has 1 atom stereocenters. The highest BCUT2D eigenvalue weighted by molar-refractivity contribution is 7.13. The summed E-state index contributed by atoms with van der Waals surface area (Å²) in [5.41, 5.74) is 2.49. The molecule has 1 fully saturated rings. The average Bonchev–Trinajstić information content (AvgIpc) is 3.28. The molecule has 0 spiro atoms. The van der Waals surface area contributed by atoms with E-state index < -0.39 is 0 Å². The van der Waals surface area contributed by atoms with E-state index in [4.69, 9.17) is 4.74 Å². The summed E-state index contributed by atoms with van der Waals surface area (Å²) in [5.74, 6) is 0.868. The second-order valence-electron chi connectivity index (χ2n) is 6.14. The van der Waals surface area contributed by atoms with Gasteiger partial charge in [-0.2, -0.15) is 0 Å². The predicted molar refractivity (Wildman–Crippen MR) is 98.3 cm³/mol. The first kappa shape index (κ1) is 15.4. The fraction of sp³-hybridized carbons (Fsp3) is 0.250. The number of hydrogen-bond donors (Lipinski definition) is 0. The lowest BCUT2D eigenvalue weighted by atomic mass is 10.2. The third-order valence-electron chi connectivity index (χ3n) is 4.30. The number of aromatic nitrogens is 1. The minimum absolute atomic E-state index is 0.245. The molecule has 0 radical (unpaired) electrons. The molecule has 0 saturated carbocycles. The van der Waals surface area contributed by atoms with Gasteiger partial charge >= 0.3 is 0 Å². The van der Waals surface area contributed by atoms with E-state index in [9.17, 15) is 0 Å². The van der Waals surface area contributed by atoms with Crippen molar-refractivity contribution in [1.82, 2.24) is 9.88 Å². The number of likely N-dealkylation sites (tertiary alicyclic amines) is 1. The number of benzene rings is 1. The normalized spacial score (nSPS) is 17.9. The van der Waals surface area contributed by atoms with E-state index in [1.165, 1.54) is 10.4 Å². The molecular formula is C20H20N2OS. The van der Waals surface area contributed by atoms with Gasteiger partial charge in [-0.05, 0) is 29.5 Å². The highest BCUT2D eigenvalue weighted by Crippen LogP contribution is 2.28. The number of pyridine rings is 1. The third kappa shape index (κ3) is 3.66. The highest BCUT2D eigenvalue weighted by atomic mass is 32.1. The van der Waals surface area contributed by atoms with Crippen LogP contribution in [0.15, 0.2) is 66.3 Å². The molecule has 24 heavy (non-hydrogen) atoms. The lowest BCUT2D eigenvalue weighted by Crippen LogP contribution is -2.24. The summed E-state index contributed by atoms with van der Waals surface area (Å²) >= 11 is 1.73. The fourth-order valence-electron chi connectivity index (χ4n) is 3.13. The second kappa shape index (κ2) is 7.16. The van der Waals surface area contributed by atoms with E-state index in [1.807, 2.05) is 12.4 Å². The molecule has 1 saturated heterocycles. The maximum atomic E-state index is 6.18. The topological polar surface area (TPSA) is 25.4 Å². The van der Waals surface area contributed by atoms with Gasteiger partial charge in [-0.3, -0.25) is 9.88 Å². The van der Waals surface area contributed by atoms with Crippen molar-refractivity contribution in [2.75, 3.05) is 13.1 Å². The summed E-state index contributed by atoms with van der Waals surface area (Å²) in [4.78, 5) is 8.02. The van der Waals surface area contributed by atoms with Crippen LogP contribution < -0.4 is 4.74 Å². The second-order valence-corrected chi connectivity index (χ2v) is 7.08. The van der Waals surface area contributed by atoms with E-state index in [0.717, 1.165) is 37.4 Å². The van der Waals surface area contributed by atoms with Gasteiger partial charge in [-0.15, -0.1) is 11.3 Å². The summed E-state index contributed by atoms with van der Waals surface area (Å²) in [6, 6.07) is 16.9. The lowest BCUT2D eigenvalue weighted by Gasteiger charge is -2.17. The summed E-state index contributed by atoms with van der Waals surface area (Å²) in [7, 11) is 0. The molecule has 3 nitrogen and oxygen atoms in total. The molecule has 1 aromatic carbocycles. The van der Waals surface area contributed by atoms with Gasteiger partial charge in [0.2, 0.25) is 0 Å². The van der Waals surface area contributed by atoms with Crippen molar-refractivity contribution in [3.05, 3.63) is 71.9 Å². The third-order valence-corrected chi connectivity index (χ3v) is 5.22. The molecule has 1 aliphatic heterocycles. The molecule has 0 N–H and O–H groups in total. The number of rotatable bonds is 5. The molecule has 1 aliphatic rings. The first-order valence-electron chi connectivity index (χ1n) is 8.29. The van der Waals surface area contributed by atoms with Gasteiger partial charge in [0.05, 0.1) is 6.20 Å². The summed E-state index contributed by atoms with van der Waals surface area (Å²) in [6.07, 6.45) is 5.02. The van der Waals surface area contributed by atoms with Gasteiger partial charge in [-0.1, -0.05) is 36.4 Å². The highest BCUT2D eigenvalue weighted by Gasteiger charge is 2.24. The zero-order valence-electron chi connectivity index (χ0n) is 13.5. The van der Waals surface area contributed by atoms with E-state index >= 15 is 0 Å². The molecular weight excluding hydrogens is 316 g/mol. The van der Waals surface area contributed by atoms with Gasteiger partial charge in [0.15, 0.2) is 0 Å². The minimum Gasteiger partial charge on any atom is -0.487 e. The summed E-state index contributed by atoms with van der Waals surface area (Å²) in [6.45, 7) is 3.05. The maximum Gasteiger partial charge on any atom is 0.138 e. The Balaban J connectivity index is 1.37. The standard InChI is InChI=1S/C20H20N2OS/c1-2-5-16(6-3-1)14-22-9-8-18(15-22)23-19-11-17(12-21-13-19)20-7-4-10-24-20/h1-7,10-13,18H,8-9,14-15H2/t18-/m0/s1. The van der Waals surface area contributed by atoms with Crippen LogP contribution in [0, 0.1) is 0 Å². The van der Waals surface area contributed by atoms with Gasteiger partial charge in [0.1, 0.15) is 11.9 Å². The van der Waals surface area contributed by atoms with Gasteiger partial charge in [0.25, 0.3) is 0 Å². The zero-order valence-corrected chi connectivity index (χ0v) is 14.3. The Morgan fingerprint density at radius 1 is 1.12 bits per heavy atom. The Morgan fingerprint density at radius 2 is 2.04 bits per heavy atom. The number of hydrogen-bond acceptors (Lipinski definition) is 4. The largest absolute Gasteiger partial charge is 0.487 e. The summed E-state index contributed by atoms with van der Waals surface area (Å²) in [5, 5.41) is 2.08. The molecule has 0 aliphatic carbocycles. The van der Waals surface area contributed by atoms with Crippen molar-refractivity contribution in [2.24, 2.45) is 0 Å². The minimum atomic E-state index is 0.245. The monoisotopic (exact) mass is 336 g/mol. The zero-order chi connectivity index (χ0) is 16.2. The van der Waals surface area contributed by atoms with Crippen LogP contribution in [0.3, 0.4) is 0 Å². The van der Waals surface area contributed by atoms with Crippen LogP contribution in [-0.4, -0.2) is 29.1 Å². The van der Waals surface area contributed by atoms with Crippen molar-refractivity contribution in [1.29, 1.82) is 0 Å². The predicted octanol–water partition coefficient (Wildman–Crippen LogP) is 4.46. The van der Waals surface area contributed by atoms with Crippen LogP contribution in [0.5, 0.6) is 5.75 Å². The molecule has 122 valence electrons. The van der Waals surface area contributed by atoms with Crippen molar-refractivity contribution in [2.45, 2.75) is 19.1 Å². The number of ether oxygens (including phenoxy) is 1. The van der Waals surface area contributed by atoms with Crippen LogP contribution >= 0.6 is 11.3 Å². The van der Waals surface area contributed by atoms with Crippen molar-refractivity contribution >= 4 is 11.3 Å². The van der Waals surface area contributed by atoms with E-state index in [2.05, 4.69) is 63.8 Å².